The molecule has 1 fully saturated rings. The molecule has 8 nitrogen and oxygen atoms in total. The van der Waals surface area contributed by atoms with E-state index >= 15 is 0 Å². The van der Waals surface area contributed by atoms with Crippen molar-refractivity contribution in [2.75, 3.05) is 37.0 Å². The Kier molecular flexibility index (Phi) is 5.63. The van der Waals surface area contributed by atoms with Gasteiger partial charge in [-0.2, -0.15) is 23.3 Å². The van der Waals surface area contributed by atoms with E-state index in [-0.39, 0.29) is 19.1 Å². The number of nitrogens with one attached hydrogen (secondary N) is 2. The molecule has 12 heteroatoms. The number of anilines is 3. The molecule has 0 amide bonds. The Morgan fingerprint density at radius 1 is 1.23 bits per heavy atom. The number of benzene rings is 1. The number of hydrogen-bond donors (Lipinski definition) is 2. The number of H-pyrrole nitrogens is 1. The topological polar surface area (TPSA) is 88.2 Å². The highest BCUT2D eigenvalue weighted by Gasteiger charge is 2.43. The van der Waals surface area contributed by atoms with E-state index in [2.05, 4.69) is 25.5 Å². The number of hydrogen-bond acceptors (Lipinski definition) is 7. The molecule has 0 saturated carbocycles. The fourth-order valence-electron chi connectivity index (χ4n) is 3.10. The second kappa shape index (κ2) is 8.38. The van der Waals surface area contributed by atoms with Gasteiger partial charge in [-0.3, -0.25) is 5.10 Å². The Balaban J connectivity index is 1.49. The van der Waals surface area contributed by atoms with Crippen LogP contribution in [0.1, 0.15) is 0 Å². The lowest BCUT2D eigenvalue weighted by Gasteiger charge is -2.33. The molecule has 3 heterocycles. The van der Waals surface area contributed by atoms with Gasteiger partial charge >= 0.3 is 6.18 Å². The summed E-state index contributed by atoms with van der Waals surface area (Å²) in [6.45, 7) is -0.239. The highest BCUT2D eigenvalue weighted by Crippen LogP contribution is 2.29. The van der Waals surface area contributed by atoms with Gasteiger partial charge in [0.05, 0.1) is 26.0 Å². The van der Waals surface area contributed by atoms with Crippen LogP contribution in [0.5, 0.6) is 5.75 Å². The summed E-state index contributed by atoms with van der Waals surface area (Å²) in [6, 6.07) is 7.58. The van der Waals surface area contributed by atoms with Gasteiger partial charge in [0, 0.05) is 30.4 Å². The van der Waals surface area contributed by atoms with Crippen LogP contribution in [0.4, 0.5) is 35.1 Å². The van der Waals surface area contributed by atoms with Crippen LogP contribution in [0.15, 0.2) is 36.5 Å². The fourth-order valence-corrected chi connectivity index (χ4v) is 3.10. The molecule has 0 spiro atoms. The van der Waals surface area contributed by atoms with Crippen molar-refractivity contribution in [1.82, 2.24) is 20.2 Å². The van der Waals surface area contributed by atoms with E-state index in [0.29, 0.717) is 28.6 Å². The Morgan fingerprint density at radius 3 is 2.81 bits per heavy atom. The molecule has 1 unspecified atom stereocenters. The first-order valence-corrected chi connectivity index (χ1v) is 9.26. The van der Waals surface area contributed by atoms with Gasteiger partial charge in [-0.05, 0) is 18.2 Å². The second-order valence-corrected chi connectivity index (χ2v) is 6.73. The maximum absolute atomic E-state index is 14.3. The first-order valence-electron chi connectivity index (χ1n) is 9.26. The minimum Gasteiger partial charge on any atom is -0.497 e. The molecular weight excluding hydrogens is 420 g/mol. The summed E-state index contributed by atoms with van der Waals surface area (Å²) in [5, 5.41) is 9.75. The van der Waals surface area contributed by atoms with Crippen molar-refractivity contribution in [3.63, 3.8) is 0 Å². The summed E-state index contributed by atoms with van der Waals surface area (Å²) >= 11 is 0. The highest BCUT2D eigenvalue weighted by molar-refractivity contribution is 5.66. The molecule has 1 aliphatic heterocycles. The molecule has 4 rings (SSSR count). The summed E-state index contributed by atoms with van der Waals surface area (Å²) in [5.41, 5.74) is 0.731. The fraction of sp³-hybridized carbons (Fsp3) is 0.316. The summed E-state index contributed by atoms with van der Waals surface area (Å²) in [6.07, 6.45) is -4.93. The number of alkyl halides is 3. The first-order chi connectivity index (χ1) is 14.8. The predicted octanol–water partition coefficient (Wildman–Crippen LogP) is 3.53. The second-order valence-electron chi connectivity index (χ2n) is 6.73. The van der Waals surface area contributed by atoms with Crippen molar-refractivity contribution < 1.29 is 27.0 Å². The number of morpholine rings is 1. The number of aromatic nitrogens is 4. The quantitative estimate of drug-likeness (QED) is 0.590. The smallest absolute Gasteiger partial charge is 0.416 e. The van der Waals surface area contributed by atoms with Crippen molar-refractivity contribution in [2.45, 2.75) is 12.3 Å². The van der Waals surface area contributed by atoms with E-state index in [1.54, 1.807) is 24.3 Å². The molecule has 31 heavy (non-hydrogen) atoms. The highest BCUT2D eigenvalue weighted by atomic mass is 19.4. The Morgan fingerprint density at radius 2 is 2.06 bits per heavy atom. The molecule has 1 saturated heterocycles. The van der Waals surface area contributed by atoms with Gasteiger partial charge < -0.3 is 19.7 Å². The van der Waals surface area contributed by atoms with Crippen molar-refractivity contribution in [1.29, 1.82) is 0 Å². The van der Waals surface area contributed by atoms with Crippen molar-refractivity contribution in [3.05, 3.63) is 42.3 Å². The molecule has 0 aliphatic carbocycles. The van der Waals surface area contributed by atoms with Gasteiger partial charge in [0.15, 0.2) is 11.9 Å². The van der Waals surface area contributed by atoms with Crippen LogP contribution in [0, 0.1) is 5.82 Å². The molecule has 1 atom stereocenters. The molecule has 2 aromatic heterocycles. The summed E-state index contributed by atoms with van der Waals surface area (Å²) in [5.74, 6) is 0.728. The van der Waals surface area contributed by atoms with Crippen LogP contribution in [0.3, 0.4) is 0 Å². The number of ether oxygens (including phenoxy) is 2. The van der Waals surface area contributed by atoms with Gasteiger partial charge in [-0.15, -0.1) is 0 Å². The molecular formula is C19H18F4N6O2. The van der Waals surface area contributed by atoms with E-state index in [0.717, 1.165) is 0 Å². The predicted molar refractivity (Wildman–Crippen MR) is 104 cm³/mol. The summed E-state index contributed by atoms with van der Waals surface area (Å²) in [7, 11) is 1.45. The third kappa shape index (κ3) is 4.68. The molecule has 0 radical (unpaired) electrons. The van der Waals surface area contributed by atoms with Gasteiger partial charge in [0.1, 0.15) is 17.4 Å². The lowest BCUT2D eigenvalue weighted by molar-refractivity contribution is -0.221. The van der Waals surface area contributed by atoms with E-state index < -0.39 is 24.6 Å². The van der Waals surface area contributed by atoms with Crippen molar-refractivity contribution in [2.24, 2.45) is 0 Å². The number of aromatic amines is 1. The van der Waals surface area contributed by atoms with Crippen LogP contribution >= 0.6 is 0 Å². The number of nitrogens with zero attached hydrogens (tertiary/aromatic N) is 4. The average molecular weight is 438 g/mol. The molecule has 2 N–H and O–H groups in total. The van der Waals surface area contributed by atoms with E-state index in [4.69, 9.17) is 9.47 Å². The monoisotopic (exact) mass is 438 g/mol. The molecule has 0 bridgehead atoms. The van der Waals surface area contributed by atoms with Crippen LogP contribution < -0.4 is 15.0 Å². The maximum atomic E-state index is 14.3. The van der Waals surface area contributed by atoms with Crippen LogP contribution in [-0.2, 0) is 4.74 Å². The molecule has 3 aromatic rings. The third-order valence-electron chi connectivity index (χ3n) is 4.66. The largest absolute Gasteiger partial charge is 0.497 e. The Bertz CT molecular complexity index is 1060. The number of halogens is 4. The zero-order valence-corrected chi connectivity index (χ0v) is 16.3. The van der Waals surface area contributed by atoms with Gasteiger partial charge in [-0.1, -0.05) is 0 Å². The molecule has 1 aliphatic rings. The zero-order chi connectivity index (χ0) is 22.0. The normalized spacial score (nSPS) is 16.9. The minimum absolute atomic E-state index is 0.0820. The van der Waals surface area contributed by atoms with Crippen molar-refractivity contribution >= 4 is 17.6 Å². The van der Waals surface area contributed by atoms with Crippen LogP contribution in [-0.4, -0.2) is 59.3 Å². The number of methoxy groups -OCH3 is 1. The Hall–Kier alpha value is -3.41. The third-order valence-corrected chi connectivity index (χ3v) is 4.66. The standard InChI is InChI=1S/C19H18F4N6O2/c1-30-11-2-3-12(13(20)8-11)14-9-17(28-27-14)25-16-4-5-24-18(26-16)29-6-7-31-15(10-29)19(21,22)23/h2-5,8-9,15H,6-7,10H2,1H3,(H2,24,25,26,27,28). The van der Waals surface area contributed by atoms with Gasteiger partial charge in [0.2, 0.25) is 5.95 Å². The average Bonchev–Trinajstić information content (AvgIpc) is 3.21. The van der Waals surface area contributed by atoms with Crippen molar-refractivity contribution in [3.8, 4) is 17.0 Å². The maximum Gasteiger partial charge on any atom is 0.416 e. The van der Waals surface area contributed by atoms with E-state index in [1.807, 2.05) is 0 Å². The zero-order valence-electron chi connectivity index (χ0n) is 16.3. The number of rotatable bonds is 5. The first kappa shape index (κ1) is 20.8. The lowest BCUT2D eigenvalue weighted by atomic mass is 10.1. The molecule has 164 valence electrons. The SMILES string of the molecule is COc1ccc(-c2cc(Nc3ccnc(N4CCOC(C(F)(F)F)C4)n3)n[nH]2)c(F)c1. The van der Waals surface area contributed by atoms with Gasteiger partial charge in [-0.25, -0.2) is 9.37 Å². The van der Waals surface area contributed by atoms with Crippen LogP contribution in [0.2, 0.25) is 0 Å². The molecule has 1 aromatic carbocycles. The minimum atomic E-state index is -4.46. The summed E-state index contributed by atoms with van der Waals surface area (Å²) < 4.78 is 62.9. The lowest BCUT2D eigenvalue weighted by Crippen LogP contribution is -2.49. The van der Waals surface area contributed by atoms with E-state index in [9.17, 15) is 17.6 Å². The summed E-state index contributed by atoms with van der Waals surface area (Å²) in [4.78, 5) is 9.74. The van der Waals surface area contributed by atoms with E-state index in [1.165, 1.54) is 24.3 Å². The van der Waals surface area contributed by atoms with Crippen LogP contribution in [0.25, 0.3) is 11.3 Å². The Labute approximate surface area is 174 Å². The van der Waals surface area contributed by atoms with Gasteiger partial charge in [0.25, 0.3) is 0 Å².